The lowest BCUT2D eigenvalue weighted by Gasteiger charge is -2.18. The van der Waals surface area contributed by atoms with Crippen LogP contribution in [0.25, 0.3) is 0 Å². The van der Waals surface area contributed by atoms with E-state index < -0.39 is 12.1 Å². The zero-order chi connectivity index (χ0) is 50.0. The van der Waals surface area contributed by atoms with Gasteiger partial charge in [0.1, 0.15) is 13.2 Å². The fourth-order valence-electron chi connectivity index (χ4n) is 6.98. The molecule has 0 unspecified atom stereocenters. The van der Waals surface area contributed by atoms with Crippen molar-refractivity contribution in [2.24, 2.45) is 0 Å². The summed E-state index contributed by atoms with van der Waals surface area (Å²) in [6.07, 6.45) is 78.8. The van der Waals surface area contributed by atoms with E-state index in [1.165, 1.54) is 89.9 Å². The molecule has 1 atom stereocenters. The van der Waals surface area contributed by atoms with Gasteiger partial charge in [-0.15, -0.1) is 0 Å². The summed E-state index contributed by atoms with van der Waals surface area (Å²) in [5, 5.41) is 0. The highest BCUT2D eigenvalue weighted by molar-refractivity contribution is 5.71. The fraction of sp³-hybridized carbons (Fsp3) is 0.603. The normalized spacial score (nSPS) is 13.1. The first-order valence-corrected chi connectivity index (χ1v) is 27.7. The van der Waals surface area contributed by atoms with Gasteiger partial charge in [0.2, 0.25) is 0 Å². The highest BCUT2D eigenvalue weighted by Gasteiger charge is 2.19. The molecule has 0 aliphatic rings. The lowest BCUT2D eigenvalue weighted by molar-refractivity contribution is -0.166. The van der Waals surface area contributed by atoms with Crippen molar-refractivity contribution in [3.05, 3.63) is 134 Å². The summed E-state index contributed by atoms with van der Waals surface area (Å²) in [4.78, 5) is 38.1. The number of carbonyl (C=O) groups is 3. The molecule has 6 nitrogen and oxygen atoms in total. The molecule has 388 valence electrons. The van der Waals surface area contributed by atoms with Crippen LogP contribution in [0.1, 0.15) is 226 Å². The van der Waals surface area contributed by atoms with Crippen molar-refractivity contribution in [3.63, 3.8) is 0 Å². The summed E-state index contributed by atoms with van der Waals surface area (Å²) < 4.78 is 16.7. The third-order valence-corrected chi connectivity index (χ3v) is 11.1. The Morgan fingerprint density at radius 3 is 1.06 bits per heavy atom. The molecule has 0 fully saturated rings. The first-order valence-electron chi connectivity index (χ1n) is 27.7. The summed E-state index contributed by atoms with van der Waals surface area (Å²) in [5.74, 6) is -1.09. The number of esters is 3. The van der Waals surface area contributed by atoms with Crippen LogP contribution >= 0.6 is 0 Å². The highest BCUT2D eigenvalue weighted by Crippen LogP contribution is 2.12. The van der Waals surface area contributed by atoms with Crippen molar-refractivity contribution in [3.8, 4) is 0 Å². The summed E-state index contributed by atoms with van der Waals surface area (Å²) in [6, 6.07) is 0. The molecule has 0 rings (SSSR count). The van der Waals surface area contributed by atoms with E-state index in [0.29, 0.717) is 19.3 Å². The van der Waals surface area contributed by atoms with Gasteiger partial charge in [0.25, 0.3) is 0 Å². The van der Waals surface area contributed by atoms with Crippen LogP contribution in [-0.2, 0) is 28.6 Å². The Hall–Kier alpha value is -4.45. The second-order valence-corrected chi connectivity index (χ2v) is 17.7. The minimum absolute atomic E-state index is 0.130. The molecule has 0 aromatic carbocycles. The van der Waals surface area contributed by atoms with Gasteiger partial charge in [0.15, 0.2) is 6.10 Å². The number of ether oxygens (including phenoxy) is 3. The standard InChI is InChI=1S/C63H100O6/c1-4-7-10-13-16-19-22-25-28-30-31-33-35-38-41-44-47-50-53-56-62(65)68-59-60(58-67-61(64)55-52-49-46-43-40-37-34-27-24-21-18-15-12-9-6-3)69-63(66)57-54-51-48-45-42-39-36-32-29-26-23-20-17-14-11-8-5-2/h8,11,16-17,19-21,24-26,28-29,31,33,36,38-39,41,45,47-48,50,60H,4-7,9-10,12-15,18,22-23,27,30,32,34-35,37,40,42-44,46,49,51-59H2,1-3H3/b11-8-,19-16-,20-17-,24-21-,28-25-,29-26-,33-31-,39-36-,41-38-,48-45-,50-47-/t60-/m0/s1. The van der Waals surface area contributed by atoms with E-state index in [9.17, 15) is 14.4 Å². The second kappa shape index (κ2) is 56.1. The van der Waals surface area contributed by atoms with Gasteiger partial charge in [0.05, 0.1) is 0 Å². The van der Waals surface area contributed by atoms with Gasteiger partial charge in [0, 0.05) is 19.3 Å². The zero-order valence-electron chi connectivity index (χ0n) is 44.3. The molecular formula is C63H100O6. The maximum Gasteiger partial charge on any atom is 0.306 e. The molecule has 0 aliphatic carbocycles. The van der Waals surface area contributed by atoms with Crippen LogP contribution in [0, 0.1) is 0 Å². The van der Waals surface area contributed by atoms with Gasteiger partial charge in [-0.3, -0.25) is 14.4 Å². The summed E-state index contributed by atoms with van der Waals surface area (Å²) in [6.45, 7) is 6.36. The Bertz CT molecular complexity index is 1510. The Balaban J connectivity index is 4.62. The predicted molar refractivity (Wildman–Crippen MR) is 297 cm³/mol. The van der Waals surface area contributed by atoms with Crippen LogP contribution in [0.5, 0.6) is 0 Å². The molecule has 0 amide bonds. The number of carbonyl (C=O) groups excluding carboxylic acids is 3. The molecule has 0 aromatic rings. The Morgan fingerprint density at radius 2 is 0.609 bits per heavy atom. The van der Waals surface area contributed by atoms with Crippen LogP contribution in [0.15, 0.2) is 134 Å². The van der Waals surface area contributed by atoms with Crippen LogP contribution in [0.3, 0.4) is 0 Å². The maximum absolute atomic E-state index is 12.8. The van der Waals surface area contributed by atoms with Gasteiger partial charge in [-0.2, -0.15) is 0 Å². The van der Waals surface area contributed by atoms with Crippen molar-refractivity contribution in [2.75, 3.05) is 13.2 Å². The molecule has 69 heavy (non-hydrogen) atoms. The second-order valence-electron chi connectivity index (χ2n) is 17.7. The van der Waals surface area contributed by atoms with Crippen LogP contribution in [0.4, 0.5) is 0 Å². The van der Waals surface area contributed by atoms with E-state index in [1.54, 1.807) is 0 Å². The minimum atomic E-state index is -0.844. The Morgan fingerprint density at radius 1 is 0.304 bits per heavy atom. The van der Waals surface area contributed by atoms with E-state index in [4.69, 9.17) is 14.2 Å². The van der Waals surface area contributed by atoms with E-state index in [2.05, 4.69) is 142 Å². The lowest BCUT2D eigenvalue weighted by atomic mass is 10.1. The average Bonchev–Trinajstić information content (AvgIpc) is 3.35. The molecule has 0 radical (unpaired) electrons. The van der Waals surface area contributed by atoms with E-state index in [1.807, 2.05) is 12.2 Å². The quantitative estimate of drug-likeness (QED) is 0.0262. The monoisotopic (exact) mass is 953 g/mol. The Kier molecular flexibility index (Phi) is 52.5. The van der Waals surface area contributed by atoms with Gasteiger partial charge >= 0.3 is 17.9 Å². The molecule has 0 saturated heterocycles. The highest BCUT2D eigenvalue weighted by atomic mass is 16.6. The minimum Gasteiger partial charge on any atom is -0.462 e. The molecule has 0 spiro atoms. The summed E-state index contributed by atoms with van der Waals surface area (Å²) >= 11 is 0. The molecule has 0 bridgehead atoms. The maximum atomic E-state index is 12.8. The molecule has 0 saturated carbocycles. The van der Waals surface area contributed by atoms with Crippen LogP contribution < -0.4 is 0 Å². The van der Waals surface area contributed by atoms with Crippen molar-refractivity contribution in [2.45, 2.75) is 232 Å². The topological polar surface area (TPSA) is 78.9 Å². The van der Waals surface area contributed by atoms with Gasteiger partial charge in [-0.25, -0.2) is 0 Å². The van der Waals surface area contributed by atoms with E-state index in [-0.39, 0.29) is 38.0 Å². The lowest BCUT2D eigenvalue weighted by Crippen LogP contribution is -2.30. The smallest absolute Gasteiger partial charge is 0.306 e. The number of allylic oxidation sites excluding steroid dienone is 22. The van der Waals surface area contributed by atoms with E-state index in [0.717, 1.165) is 83.5 Å². The van der Waals surface area contributed by atoms with Gasteiger partial charge in [-0.1, -0.05) is 219 Å². The summed E-state index contributed by atoms with van der Waals surface area (Å²) in [7, 11) is 0. The van der Waals surface area contributed by atoms with Crippen LogP contribution in [0.2, 0.25) is 0 Å². The molecule has 0 heterocycles. The first kappa shape index (κ1) is 64.5. The molecular weight excluding hydrogens is 853 g/mol. The largest absolute Gasteiger partial charge is 0.462 e. The number of hydrogen-bond donors (Lipinski definition) is 0. The van der Waals surface area contributed by atoms with Gasteiger partial charge in [-0.05, 0) is 122 Å². The van der Waals surface area contributed by atoms with Crippen molar-refractivity contribution >= 4 is 17.9 Å². The first-order chi connectivity index (χ1) is 34.0. The third-order valence-electron chi connectivity index (χ3n) is 11.1. The third kappa shape index (κ3) is 54.4. The molecule has 6 heteroatoms. The van der Waals surface area contributed by atoms with Crippen molar-refractivity contribution in [1.82, 2.24) is 0 Å². The van der Waals surface area contributed by atoms with Crippen LogP contribution in [-0.4, -0.2) is 37.2 Å². The predicted octanol–water partition coefficient (Wildman–Crippen LogP) is 18.6. The van der Waals surface area contributed by atoms with E-state index >= 15 is 0 Å². The Labute approximate surface area is 424 Å². The molecule has 0 aliphatic heterocycles. The number of unbranched alkanes of at least 4 members (excludes halogenated alkanes) is 15. The van der Waals surface area contributed by atoms with Crippen molar-refractivity contribution in [1.29, 1.82) is 0 Å². The SMILES string of the molecule is CC/C=C\C/C=C\C/C=C\C/C=C\C/C=C\CCCC(=O)O[C@H](COC(=O)CC/C=C\C/C=C\C/C=C\C/C=C\C/C=C\CCCCC)COC(=O)CCCCCCCCC/C=C\CCCCCC. The fourth-order valence-corrected chi connectivity index (χ4v) is 6.98. The number of hydrogen-bond acceptors (Lipinski definition) is 6. The number of rotatable bonds is 48. The van der Waals surface area contributed by atoms with Gasteiger partial charge < -0.3 is 14.2 Å². The zero-order valence-corrected chi connectivity index (χ0v) is 44.3. The summed E-state index contributed by atoms with van der Waals surface area (Å²) in [5.41, 5.74) is 0. The molecule has 0 aromatic heterocycles. The van der Waals surface area contributed by atoms with Crippen molar-refractivity contribution < 1.29 is 28.6 Å². The molecule has 0 N–H and O–H groups in total. The average molecular weight is 953 g/mol.